The molecule has 3 aromatic carbocycles. The first-order valence-corrected chi connectivity index (χ1v) is 14.0. The van der Waals surface area contributed by atoms with Gasteiger partial charge in [0, 0.05) is 19.2 Å². The van der Waals surface area contributed by atoms with Gasteiger partial charge in [0.15, 0.2) is 11.5 Å². The Morgan fingerprint density at radius 2 is 1.62 bits per heavy atom. The van der Waals surface area contributed by atoms with Crippen LogP contribution in [0.4, 0.5) is 5.69 Å². The van der Waals surface area contributed by atoms with Crippen LogP contribution in [0.25, 0.3) is 0 Å². The fourth-order valence-corrected chi connectivity index (χ4v) is 5.57. The van der Waals surface area contributed by atoms with Crippen LogP contribution in [0.3, 0.4) is 0 Å². The number of ether oxygens (including phenoxy) is 2. The van der Waals surface area contributed by atoms with Gasteiger partial charge >= 0.3 is 0 Å². The summed E-state index contributed by atoms with van der Waals surface area (Å²) in [4.78, 5) is 28.1. The fourth-order valence-electron chi connectivity index (χ4n) is 4.14. The van der Waals surface area contributed by atoms with Gasteiger partial charge in [-0.3, -0.25) is 13.9 Å². The number of carbonyl (C=O) groups is 2. The number of sulfonamides is 1. The monoisotopic (exact) mass is 553 g/mol. The van der Waals surface area contributed by atoms with E-state index < -0.39 is 28.5 Å². The summed E-state index contributed by atoms with van der Waals surface area (Å²) in [5.41, 5.74) is 2.04. The maximum absolute atomic E-state index is 13.9. The maximum Gasteiger partial charge on any atom is 0.264 e. The number of hydrogen-bond donors (Lipinski definition) is 1. The second kappa shape index (κ2) is 13.1. The van der Waals surface area contributed by atoms with Gasteiger partial charge < -0.3 is 19.7 Å². The van der Waals surface area contributed by atoms with Crippen LogP contribution < -0.4 is 19.1 Å². The molecule has 9 nitrogen and oxygen atoms in total. The van der Waals surface area contributed by atoms with Gasteiger partial charge in [-0.15, -0.1) is 0 Å². The summed E-state index contributed by atoms with van der Waals surface area (Å²) in [6.45, 7) is 5.35. The molecule has 0 unspecified atom stereocenters. The third-order valence-corrected chi connectivity index (χ3v) is 8.01. The largest absolute Gasteiger partial charge is 0.493 e. The Labute approximate surface area is 230 Å². The SMILES string of the molecule is CCNC(=O)[C@H](C)N(Cc1cccc(C)c1)C(=O)CN(c1ccc(OC)c(OC)c1)S(=O)(=O)c1ccccc1. The summed E-state index contributed by atoms with van der Waals surface area (Å²) in [5, 5.41) is 2.75. The highest BCUT2D eigenvalue weighted by Crippen LogP contribution is 2.34. The van der Waals surface area contributed by atoms with Crippen LogP contribution in [-0.2, 0) is 26.2 Å². The van der Waals surface area contributed by atoms with Crippen molar-refractivity contribution >= 4 is 27.5 Å². The quantitative estimate of drug-likeness (QED) is 0.366. The number of carbonyl (C=O) groups excluding carboxylic acids is 2. The lowest BCUT2D eigenvalue weighted by Gasteiger charge is -2.32. The zero-order valence-corrected chi connectivity index (χ0v) is 23.7. The van der Waals surface area contributed by atoms with Crippen LogP contribution in [0, 0.1) is 6.92 Å². The van der Waals surface area contributed by atoms with Gasteiger partial charge in [0.05, 0.1) is 24.8 Å². The first kappa shape index (κ1) is 29.5. The van der Waals surface area contributed by atoms with Crippen LogP contribution in [-0.4, -0.2) is 58.5 Å². The van der Waals surface area contributed by atoms with Crippen molar-refractivity contribution in [3.8, 4) is 11.5 Å². The average molecular weight is 554 g/mol. The van der Waals surface area contributed by atoms with E-state index in [1.807, 2.05) is 31.2 Å². The van der Waals surface area contributed by atoms with E-state index in [1.54, 1.807) is 44.2 Å². The molecule has 0 aliphatic heterocycles. The van der Waals surface area contributed by atoms with Gasteiger partial charge in [0.2, 0.25) is 11.8 Å². The molecule has 0 aromatic heterocycles. The molecule has 208 valence electrons. The summed E-state index contributed by atoms with van der Waals surface area (Å²) >= 11 is 0. The summed E-state index contributed by atoms with van der Waals surface area (Å²) < 4.78 is 39.4. The Bertz CT molecular complexity index is 1400. The second-order valence-electron chi connectivity index (χ2n) is 8.95. The van der Waals surface area contributed by atoms with Crippen LogP contribution >= 0.6 is 0 Å². The van der Waals surface area contributed by atoms with E-state index in [2.05, 4.69) is 5.32 Å². The number of likely N-dealkylation sites (N-methyl/N-ethyl adjacent to an activating group) is 1. The summed E-state index contributed by atoms with van der Waals surface area (Å²) in [5.74, 6) is -0.148. The molecule has 1 atom stereocenters. The predicted octanol–water partition coefficient (Wildman–Crippen LogP) is 3.76. The van der Waals surface area contributed by atoms with Crippen molar-refractivity contribution in [3.05, 3.63) is 83.9 Å². The van der Waals surface area contributed by atoms with E-state index >= 15 is 0 Å². The summed E-state index contributed by atoms with van der Waals surface area (Å²) in [6.07, 6.45) is 0. The molecule has 2 amide bonds. The molecule has 0 spiro atoms. The van der Waals surface area contributed by atoms with Crippen molar-refractivity contribution < 1.29 is 27.5 Å². The highest BCUT2D eigenvalue weighted by atomic mass is 32.2. The molecule has 0 aliphatic rings. The summed E-state index contributed by atoms with van der Waals surface area (Å²) in [6, 6.07) is 19.3. The zero-order chi connectivity index (χ0) is 28.6. The minimum absolute atomic E-state index is 0.0228. The smallest absolute Gasteiger partial charge is 0.264 e. The number of amides is 2. The van der Waals surface area contributed by atoms with Gasteiger partial charge in [-0.2, -0.15) is 0 Å². The lowest BCUT2D eigenvalue weighted by molar-refractivity contribution is -0.139. The van der Waals surface area contributed by atoms with E-state index in [-0.39, 0.29) is 23.0 Å². The Morgan fingerprint density at radius 1 is 0.923 bits per heavy atom. The van der Waals surface area contributed by atoms with Crippen molar-refractivity contribution in [2.75, 3.05) is 31.6 Å². The Hall–Kier alpha value is -4.05. The molecule has 3 aromatic rings. The Balaban J connectivity index is 2.08. The molecule has 0 heterocycles. The average Bonchev–Trinajstić information content (AvgIpc) is 2.94. The molecule has 0 saturated carbocycles. The van der Waals surface area contributed by atoms with Crippen molar-refractivity contribution in [3.63, 3.8) is 0 Å². The number of nitrogens with zero attached hydrogens (tertiary/aromatic N) is 2. The molecule has 0 bridgehead atoms. The van der Waals surface area contributed by atoms with Crippen LogP contribution in [0.5, 0.6) is 11.5 Å². The number of rotatable bonds is 12. The predicted molar refractivity (Wildman–Crippen MR) is 150 cm³/mol. The number of aryl methyl sites for hydroxylation is 1. The lowest BCUT2D eigenvalue weighted by atomic mass is 10.1. The normalized spacial score (nSPS) is 11.8. The number of anilines is 1. The van der Waals surface area contributed by atoms with Crippen molar-refractivity contribution in [1.29, 1.82) is 0 Å². The van der Waals surface area contributed by atoms with Gasteiger partial charge in [-0.1, -0.05) is 48.0 Å². The standard InChI is InChI=1S/C29H35N3O6S/c1-6-30-29(34)22(3)31(19-23-12-10-11-21(2)17-23)28(33)20-32(39(35,36)25-13-8-7-9-14-25)24-15-16-26(37-4)27(18-24)38-5/h7-18,22H,6,19-20H2,1-5H3,(H,30,34)/t22-/m0/s1. The van der Waals surface area contributed by atoms with Crippen LogP contribution in [0.15, 0.2) is 77.7 Å². The van der Waals surface area contributed by atoms with Gasteiger partial charge in [0.25, 0.3) is 10.0 Å². The third kappa shape index (κ3) is 7.08. The number of methoxy groups -OCH3 is 2. The van der Waals surface area contributed by atoms with E-state index in [0.29, 0.717) is 18.0 Å². The molecule has 0 saturated heterocycles. The number of hydrogen-bond acceptors (Lipinski definition) is 6. The van der Waals surface area contributed by atoms with Crippen LogP contribution in [0.2, 0.25) is 0 Å². The maximum atomic E-state index is 13.9. The van der Waals surface area contributed by atoms with Crippen molar-refractivity contribution in [1.82, 2.24) is 10.2 Å². The topological polar surface area (TPSA) is 105 Å². The Morgan fingerprint density at radius 3 is 2.23 bits per heavy atom. The van der Waals surface area contributed by atoms with Crippen molar-refractivity contribution in [2.45, 2.75) is 38.3 Å². The number of nitrogens with one attached hydrogen (secondary N) is 1. The molecule has 0 fully saturated rings. The molecule has 1 N–H and O–H groups in total. The zero-order valence-electron chi connectivity index (χ0n) is 22.9. The molecule has 0 radical (unpaired) electrons. The second-order valence-corrected chi connectivity index (χ2v) is 10.8. The molecule has 39 heavy (non-hydrogen) atoms. The minimum Gasteiger partial charge on any atom is -0.493 e. The summed E-state index contributed by atoms with van der Waals surface area (Å²) in [7, 11) is -1.25. The lowest BCUT2D eigenvalue weighted by Crippen LogP contribution is -2.51. The Kier molecular flexibility index (Phi) is 9.95. The van der Waals surface area contributed by atoms with Gasteiger partial charge in [0.1, 0.15) is 12.6 Å². The fraction of sp³-hybridized carbons (Fsp3) is 0.310. The number of benzene rings is 3. The van der Waals surface area contributed by atoms with E-state index in [9.17, 15) is 18.0 Å². The third-order valence-electron chi connectivity index (χ3n) is 6.22. The minimum atomic E-state index is -4.17. The molecule has 10 heteroatoms. The van der Waals surface area contributed by atoms with Gasteiger partial charge in [-0.05, 0) is 50.6 Å². The van der Waals surface area contributed by atoms with E-state index in [4.69, 9.17) is 9.47 Å². The molecule has 3 rings (SSSR count). The molecule has 0 aliphatic carbocycles. The molecular formula is C29H35N3O6S. The highest BCUT2D eigenvalue weighted by Gasteiger charge is 2.32. The van der Waals surface area contributed by atoms with Crippen LogP contribution in [0.1, 0.15) is 25.0 Å². The molecular weight excluding hydrogens is 518 g/mol. The first-order chi connectivity index (χ1) is 18.6. The van der Waals surface area contributed by atoms with Gasteiger partial charge in [-0.25, -0.2) is 8.42 Å². The van der Waals surface area contributed by atoms with Crippen molar-refractivity contribution in [2.24, 2.45) is 0 Å². The van der Waals surface area contributed by atoms with E-state index in [1.165, 1.54) is 37.3 Å². The van der Waals surface area contributed by atoms with E-state index in [0.717, 1.165) is 15.4 Å². The first-order valence-electron chi connectivity index (χ1n) is 12.5. The highest BCUT2D eigenvalue weighted by molar-refractivity contribution is 7.92.